The lowest BCUT2D eigenvalue weighted by Gasteiger charge is -2.25. The molecule has 1 atom stereocenters. The highest BCUT2D eigenvalue weighted by atomic mass is 19.4. The molecule has 0 spiro atoms. The third kappa shape index (κ3) is 3.76. The van der Waals surface area contributed by atoms with E-state index in [2.05, 4.69) is 10.1 Å². The van der Waals surface area contributed by atoms with Crippen LogP contribution in [0.25, 0.3) is 16.8 Å². The van der Waals surface area contributed by atoms with Crippen LogP contribution in [-0.4, -0.2) is 25.7 Å². The molecule has 0 amide bonds. The molecule has 31 heavy (non-hydrogen) atoms. The highest BCUT2D eigenvalue weighted by Gasteiger charge is 2.38. The first-order chi connectivity index (χ1) is 14.7. The zero-order valence-corrected chi connectivity index (χ0v) is 16.5. The maximum absolute atomic E-state index is 12.9. The number of nitrogens with zero attached hydrogens (tertiary/aromatic N) is 3. The molecule has 0 aliphatic carbocycles. The number of aromatic nitrogens is 3. The number of fused-ring (bicyclic) bond motifs is 1. The number of carbonyl (C=O) groups is 1. The molecule has 0 bridgehead atoms. The Morgan fingerprint density at radius 3 is 2.32 bits per heavy atom. The summed E-state index contributed by atoms with van der Waals surface area (Å²) in [5.74, 6) is -1.02. The summed E-state index contributed by atoms with van der Waals surface area (Å²) in [6.07, 6.45) is -1.21. The first-order valence-electron chi connectivity index (χ1n) is 9.48. The van der Waals surface area contributed by atoms with Gasteiger partial charge in [0.15, 0.2) is 5.65 Å². The molecule has 4 aromatic rings. The van der Waals surface area contributed by atoms with E-state index in [0.717, 1.165) is 17.7 Å². The Morgan fingerprint density at radius 2 is 1.71 bits per heavy atom. The van der Waals surface area contributed by atoms with Crippen molar-refractivity contribution in [3.8, 4) is 11.1 Å². The normalized spacial score (nSPS) is 13.8. The van der Waals surface area contributed by atoms with E-state index in [9.17, 15) is 23.1 Å². The lowest BCUT2D eigenvalue weighted by atomic mass is 9.80. The van der Waals surface area contributed by atoms with Crippen molar-refractivity contribution in [3.63, 3.8) is 0 Å². The van der Waals surface area contributed by atoms with Gasteiger partial charge in [-0.1, -0.05) is 42.5 Å². The predicted molar refractivity (Wildman–Crippen MR) is 109 cm³/mol. The summed E-state index contributed by atoms with van der Waals surface area (Å²) in [6.45, 7) is 1.62. The average Bonchev–Trinajstić information content (AvgIpc) is 3.18. The molecule has 0 saturated carbocycles. The second kappa shape index (κ2) is 7.54. The molecule has 4 rings (SSSR count). The van der Waals surface area contributed by atoms with Gasteiger partial charge in [-0.2, -0.15) is 18.3 Å². The van der Waals surface area contributed by atoms with E-state index >= 15 is 0 Å². The molecule has 8 heteroatoms. The van der Waals surface area contributed by atoms with Crippen LogP contribution in [0.3, 0.4) is 0 Å². The van der Waals surface area contributed by atoms with Gasteiger partial charge in [0.05, 0.1) is 17.5 Å². The van der Waals surface area contributed by atoms with E-state index in [1.807, 2.05) is 30.3 Å². The number of aliphatic carboxylic acids is 1. The second-order valence-corrected chi connectivity index (χ2v) is 7.50. The van der Waals surface area contributed by atoms with Crippen molar-refractivity contribution in [1.29, 1.82) is 0 Å². The van der Waals surface area contributed by atoms with Gasteiger partial charge in [0.1, 0.15) is 5.41 Å². The van der Waals surface area contributed by atoms with Crippen molar-refractivity contribution >= 4 is 11.6 Å². The van der Waals surface area contributed by atoms with Crippen molar-refractivity contribution in [2.75, 3.05) is 0 Å². The highest BCUT2D eigenvalue weighted by molar-refractivity contribution is 5.82. The van der Waals surface area contributed by atoms with Gasteiger partial charge in [0.25, 0.3) is 0 Å². The van der Waals surface area contributed by atoms with Gasteiger partial charge in [-0.05, 0) is 42.7 Å². The van der Waals surface area contributed by atoms with Crippen LogP contribution in [0.5, 0.6) is 0 Å². The fourth-order valence-corrected chi connectivity index (χ4v) is 3.63. The molecule has 0 fully saturated rings. The van der Waals surface area contributed by atoms with E-state index in [1.54, 1.807) is 13.0 Å². The molecule has 5 nitrogen and oxygen atoms in total. The first kappa shape index (κ1) is 20.6. The van der Waals surface area contributed by atoms with Gasteiger partial charge in [-0.25, -0.2) is 9.50 Å². The fourth-order valence-electron chi connectivity index (χ4n) is 3.63. The van der Waals surface area contributed by atoms with Crippen molar-refractivity contribution in [1.82, 2.24) is 14.6 Å². The smallest absolute Gasteiger partial charge is 0.416 e. The zero-order chi connectivity index (χ0) is 22.2. The van der Waals surface area contributed by atoms with Gasteiger partial charge in [0.2, 0.25) is 0 Å². The predicted octanol–water partition coefficient (Wildman–Crippen LogP) is 5.00. The number of alkyl halides is 3. The van der Waals surface area contributed by atoms with Crippen LogP contribution in [0.2, 0.25) is 0 Å². The Balaban J connectivity index is 1.80. The van der Waals surface area contributed by atoms with Crippen LogP contribution >= 0.6 is 0 Å². The van der Waals surface area contributed by atoms with E-state index in [-0.39, 0.29) is 6.42 Å². The standard InChI is InChI=1S/C23H18F3N3O2/c1-22(21(30)31,13-15-5-3-2-4-6-15)19-11-12-27-20-18(14-28-29(19)20)16-7-9-17(10-8-16)23(24,25)26/h2-12,14H,13H2,1H3,(H,30,31)/t22-/m1/s1. The molecular weight excluding hydrogens is 407 g/mol. The summed E-state index contributed by atoms with van der Waals surface area (Å²) in [5, 5.41) is 14.4. The van der Waals surface area contributed by atoms with E-state index < -0.39 is 23.1 Å². The van der Waals surface area contributed by atoms with Crippen LogP contribution in [0, 0.1) is 0 Å². The number of benzene rings is 2. The molecule has 2 aromatic heterocycles. The van der Waals surface area contributed by atoms with E-state index in [1.165, 1.54) is 29.0 Å². The Labute approximate surface area is 175 Å². The monoisotopic (exact) mass is 425 g/mol. The Bertz CT molecular complexity index is 1230. The summed E-state index contributed by atoms with van der Waals surface area (Å²) in [5.41, 5.74) is 0.627. The molecule has 0 saturated heterocycles. The third-order valence-electron chi connectivity index (χ3n) is 5.36. The lowest BCUT2D eigenvalue weighted by molar-refractivity contribution is -0.143. The number of carboxylic acids is 1. The largest absolute Gasteiger partial charge is 0.481 e. The molecule has 1 N–H and O–H groups in total. The SMILES string of the molecule is C[C@](Cc1ccccc1)(C(=O)O)c1ccnc2c(-c3ccc(C(F)(F)F)cc3)cnn12. The van der Waals surface area contributed by atoms with Crippen LogP contribution < -0.4 is 0 Å². The molecule has 2 aromatic carbocycles. The quantitative estimate of drug-likeness (QED) is 0.489. The lowest BCUT2D eigenvalue weighted by Crippen LogP contribution is -2.37. The number of hydrogen-bond acceptors (Lipinski definition) is 3. The summed E-state index contributed by atoms with van der Waals surface area (Å²) in [6, 6.07) is 15.6. The molecule has 0 aliphatic heterocycles. The third-order valence-corrected chi connectivity index (χ3v) is 5.36. The molecule has 0 unspecified atom stereocenters. The Hall–Kier alpha value is -3.68. The summed E-state index contributed by atoms with van der Waals surface area (Å²) >= 11 is 0. The van der Waals surface area contributed by atoms with Gasteiger partial charge in [-0.15, -0.1) is 0 Å². The van der Waals surface area contributed by atoms with Gasteiger partial charge in [0, 0.05) is 11.8 Å². The van der Waals surface area contributed by atoms with Gasteiger partial charge in [-0.3, -0.25) is 4.79 Å². The van der Waals surface area contributed by atoms with Crippen LogP contribution in [-0.2, 0) is 22.8 Å². The van der Waals surface area contributed by atoms with Crippen molar-refractivity contribution in [3.05, 3.63) is 89.9 Å². The van der Waals surface area contributed by atoms with Crippen LogP contribution in [0.15, 0.2) is 73.1 Å². The molecule has 0 radical (unpaired) electrons. The summed E-state index contributed by atoms with van der Waals surface area (Å²) < 4.78 is 40.1. The molecular formula is C23H18F3N3O2. The van der Waals surface area contributed by atoms with Crippen molar-refractivity contribution in [2.24, 2.45) is 0 Å². The van der Waals surface area contributed by atoms with Gasteiger partial charge >= 0.3 is 12.1 Å². The minimum Gasteiger partial charge on any atom is -0.481 e. The number of halogens is 3. The Morgan fingerprint density at radius 1 is 1.03 bits per heavy atom. The minimum atomic E-state index is -4.42. The summed E-state index contributed by atoms with van der Waals surface area (Å²) in [7, 11) is 0. The number of hydrogen-bond donors (Lipinski definition) is 1. The molecule has 0 aliphatic rings. The fraction of sp³-hybridized carbons (Fsp3) is 0.174. The van der Waals surface area contributed by atoms with E-state index in [4.69, 9.17) is 0 Å². The van der Waals surface area contributed by atoms with Crippen molar-refractivity contribution in [2.45, 2.75) is 24.9 Å². The topological polar surface area (TPSA) is 67.5 Å². The molecule has 158 valence electrons. The van der Waals surface area contributed by atoms with E-state index in [0.29, 0.717) is 22.5 Å². The summed E-state index contributed by atoms with van der Waals surface area (Å²) in [4.78, 5) is 16.6. The number of carboxylic acid groups (broad SMARTS) is 1. The van der Waals surface area contributed by atoms with Gasteiger partial charge < -0.3 is 5.11 Å². The number of rotatable bonds is 5. The maximum Gasteiger partial charge on any atom is 0.416 e. The average molecular weight is 425 g/mol. The second-order valence-electron chi connectivity index (χ2n) is 7.50. The van der Waals surface area contributed by atoms with Crippen LogP contribution in [0.1, 0.15) is 23.7 Å². The minimum absolute atomic E-state index is 0.234. The Kier molecular flexibility index (Phi) is 5.00. The highest BCUT2D eigenvalue weighted by Crippen LogP contribution is 2.34. The van der Waals surface area contributed by atoms with Crippen molar-refractivity contribution < 1.29 is 23.1 Å². The first-order valence-corrected chi connectivity index (χ1v) is 9.48. The van der Waals surface area contributed by atoms with Crippen LogP contribution in [0.4, 0.5) is 13.2 Å². The molecule has 2 heterocycles. The zero-order valence-electron chi connectivity index (χ0n) is 16.5. The maximum atomic E-state index is 12.9.